The smallest absolute Gasteiger partial charge is 0.126 e. The predicted octanol–water partition coefficient (Wildman–Crippen LogP) is 3.32. The molecular formula is C12H16ClF2N. The van der Waals surface area contributed by atoms with Crippen LogP contribution in [0.15, 0.2) is 18.2 Å². The van der Waals surface area contributed by atoms with Gasteiger partial charge in [-0.05, 0) is 23.6 Å². The van der Waals surface area contributed by atoms with E-state index in [1.54, 1.807) is 0 Å². The van der Waals surface area contributed by atoms with Crippen LogP contribution in [0.4, 0.5) is 8.78 Å². The third kappa shape index (κ3) is 4.45. The molecule has 1 unspecified atom stereocenters. The van der Waals surface area contributed by atoms with Gasteiger partial charge in [0.1, 0.15) is 11.6 Å². The highest BCUT2D eigenvalue weighted by Crippen LogP contribution is 2.10. The Hall–Kier alpha value is -0.670. The van der Waals surface area contributed by atoms with Crippen LogP contribution in [0.5, 0.6) is 0 Å². The highest BCUT2D eigenvalue weighted by atomic mass is 35.5. The van der Waals surface area contributed by atoms with Gasteiger partial charge in [-0.25, -0.2) is 8.78 Å². The zero-order valence-electron chi connectivity index (χ0n) is 9.43. The van der Waals surface area contributed by atoms with Gasteiger partial charge < -0.3 is 5.32 Å². The van der Waals surface area contributed by atoms with Gasteiger partial charge in [-0.1, -0.05) is 13.8 Å². The molecule has 4 heteroatoms. The summed E-state index contributed by atoms with van der Waals surface area (Å²) in [5.74, 6) is -0.732. The van der Waals surface area contributed by atoms with Crippen molar-refractivity contribution in [2.24, 2.45) is 5.92 Å². The van der Waals surface area contributed by atoms with Crippen LogP contribution in [0.2, 0.25) is 0 Å². The van der Waals surface area contributed by atoms with Crippen LogP contribution >= 0.6 is 11.6 Å². The maximum Gasteiger partial charge on any atom is 0.126 e. The minimum absolute atomic E-state index is 0.0263. The van der Waals surface area contributed by atoms with Gasteiger partial charge in [-0.3, -0.25) is 0 Å². The average Bonchev–Trinajstić information content (AvgIpc) is 2.15. The Kier molecular flexibility index (Phi) is 5.16. The maximum atomic E-state index is 12.8. The molecule has 0 aliphatic carbocycles. The van der Waals surface area contributed by atoms with Gasteiger partial charge in [-0.15, -0.1) is 11.6 Å². The van der Waals surface area contributed by atoms with E-state index in [4.69, 9.17) is 11.6 Å². The third-order valence-electron chi connectivity index (χ3n) is 2.31. The molecule has 1 rings (SSSR count). The van der Waals surface area contributed by atoms with Crippen LogP contribution in [0.3, 0.4) is 0 Å². The van der Waals surface area contributed by atoms with E-state index in [9.17, 15) is 8.78 Å². The maximum absolute atomic E-state index is 12.8. The van der Waals surface area contributed by atoms with Crippen LogP contribution < -0.4 is 5.32 Å². The largest absolute Gasteiger partial charge is 0.311 e. The number of hydrogen-bond donors (Lipinski definition) is 1. The Labute approximate surface area is 99.8 Å². The quantitative estimate of drug-likeness (QED) is 0.787. The van der Waals surface area contributed by atoms with E-state index in [1.165, 1.54) is 12.1 Å². The zero-order valence-corrected chi connectivity index (χ0v) is 10.2. The topological polar surface area (TPSA) is 12.0 Å². The lowest BCUT2D eigenvalue weighted by Gasteiger charge is -2.14. The van der Waals surface area contributed by atoms with E-state index in [0.717, 1.165) is 6.07 Å². The van der Waals surface area contributed by atoms with E-state index < -0.39 is 11.6 Å². The lowest BCUT2D eigenvalue weighted by molar-refractivity contribution is 0.540. The first kappa shape index (κ1) is 13.4. The highest BCUT2D eigenvalue weighted by molar-refractivity contribution is 6.20. The minimum atomic E-state index is -0.553. The van der Waals surface area contributed by atoms with Crippen molar-refractivity contribution in [3.63, 3.8) is 0 Å². The molecule has 1 aromatic carbocycles. The van der Waals surface area contributed by atoms with Crippen LogP contribution in [-0.2, 0) is 6.54 Å². The van der Waals surface area contributed by atoms with Crippen molar-refractivity contribution in [1.29, 1.82) is 0 Å². The van der Waals surface area contributed by atoms with Crippen LogP contribution in [0, 0.1) is 17.6 Å². The summed E-state index contributed by atoms with van der Waals surface area (Å²) in [5, 5.41) is 3.10. The Bertz CT molecular complexity index is 322. The number of rotatable bonds is 5. The van der Waals surface area contributed by atoms with Crippen molar-refractivity contribution in [3.05, 3.63) is 35.4 Å². The molecule has 0 radical (unpaired) electrons. The number of alkyl halides is 1. The number of hydrogen-bond acceptors (Lipinski definition) is 1. The second kappa shape index (κ2) is 6.16. The second-order valence-corrected chi connectivity index (χ2v) is 4.73. The minimum Gasteiger partial charge on any atom is -0.311 e. The monoisotopic (exact) mass is 247 g/mol. The first-order valence-corrected chi connectivity index (χ1v) is 5.72. The van der Waals surface area contributed by atoms with Gasteiger partial charge in [0.2, 0.25) is 0 Å². The molecule has 0 bridgehead atoms. The lowest BCUT2D eigenvalue weighted by Crippen LogP contribution is -2.26. The fourth-order valence-electron chi connectivity index (χ4n) is 1.30. The molecule has 16 heavy (non-hydrogen) atoms. The van der Waals surface area contributed by atoms with Gasteiger partial charge in [0.25, 0.3) is 0 Å². The van der Waals surface area contributed by atoms with Crippen LogP contribution in [-0.4, -0.2) is 11.9 Å². The van der Waals surface area contributed by atoms with Crippen molar-refractivity contribution in [2.45, 2.75) is 25.8 Å². The van der Waals surface area contributed by atoms with Crippen molar-refractivity contribution >= 4 is 11.6 Å². The van der Waals surface area contributed by atoms with Crippen LogP contribution in [0.25, 0.3) is 0 Å². The zero-order chi connectivity index (χ0) is 12.1. The first-order valence-electron chi connectivity index (χ1n) is 5.29. The first-order chi connectivity index (χ1) is 7.49. The molecule has 0 aliphatic rings. The normalized spacial score (nSPS) is 13.1. The average molecular weight is 248 g/mol. The van der Waals surface area contributed by atoms with E-state index >= 15 is 0 Å². The van der Waals surface area contributed by atoms with Gasteiger partial charge >= 0.3 is 0 Å². The number of halogens is 3. The Balaban J connectivity index is 2.43. The van der Waals surface area contributed by atoms with Crippen molar-refractivity contribution in [2.75, 3.05) is 6.54 Å². The summed E-state index contributed by atoms with van der Waals surface area (Å²) in [5.41, 5.74) is 0.588. The van der Waals surface area contributed by atoms with Crippen molar-refractivity contribution in [3.8, 4) is 0 Å². The summed E-state index contributed by atoms with van der Waals surface area (Å²) in [6, 6.07) is 3.49. The van der Waals surface area contributed by atoms with Crippen molar-refractivity contribution in [1.82, 2.24) is 5.32 Å². The molecule has 0 amide bonds. The van der Waals surface area contributed by atoms with E-state index in [0.29, 0.717) is 24.6 Å². The molecule has 0 aliphatic heterocycles. The molecule has 0 saturated heterocycles. The number of benzene rings is 1. The predicted molar refractivity (Wildman–Crippen MR) is 62.5 cm³/mol. The molecule has 1 N–H and O–H groups in total. The Morgan fingerprint density at radius 3 is 2.25 bits per heavy atom. The van der Waals surface area contributed by atoms with Crippen molar-refractivity contribution < 1.29 is 8.78 Å². The van der Waals surface area contributed by atoms with E-state index in [2.05, 4.69) is 5.32 Å². The second-order valence-electron chi connectivity index (χ2n) is 4.17. The number of nitrogens with one attached hydrogen (secondary N) is 1. The fourth-order valence-corrected chi connectivity index (χ4v) is 1.41. The molecule has 90 valence electrons. The summed E-state index contributed by atoms with van der Waals surface area (Å²) in [6.07, 6.45) is 0. The van der Waals surface area contributed by atoms with Gasteiger partial charge in [0.15, 0.2) is 0 Å². The molecule has 0 spiro atoms. The summed E-state index contributed by atoms with van der Waals surface area (Å²) < 4.78 is 25.7. The van der Waals surface area contributed by atoms with Gasteiger partial charge in [0.05, 0.1) is 0 Å². The molecule has 0 heterocycles. The molecule has 1 aromatic rings. The molecule has 0 aromatic heterocycles. The summed E-state index contributed by atoms with van der Waals surface area (Å²) in [6.45, 7) is 5.10. The molecule has 0 fully saturated rings. The standard InChI is InChI=1S/C12H16ClF2N/c1-8(2)12(13)7-16-6-9-3-10(14)5-11(15)4-9/h3-5,8,12,16H,6-7H2,1-2H3. The summed E-state index contributed by atoms with van der Waals surface area (Å²) in [4.78, 5) is 0. The molecule has 1 nitrogen and oxygen atoms in total. The fraction of sp³-hybridized carbons (Fsp3) is 0.500. The van der Waals surface area contributed by atoms with Gasteiger partial charge in [-0.2, -0.15) is 0 Å². The van der Waals surface area contributed by atoms with E-state index in [-0.39, 0.29) is 5.38 Å². The Morgan fingerprint density at radius 2 is 1.75 bits per heavy atom. The summed E-state index contributed by atoms with van der Waals surface area (Å²) >= 11 is 6.03. The molecule has 0 saturated carbocycles. The highest BCUT2D eigenvalue weighted by Gasteiger charge is 2.08. The molecular weight excluding hydrogens is 232 g/mol. The third-order valence-corrected chi connectivity index (χ3v) is 2.97. The van der Waals surface area contributed by atoms with Crippen LogP contribution in [0.1, 0.15) is 19.4 Å². The molecule has 1 atom stereocenters. The van der Waals surface area contributed by atoms with Gasteiger partial charge in [0, 0.05) is 24.5 Å². The lowest BCUT2D eigenvalue weighted by atomic mass is 10.1. The Morgan fingerprint density at radius 1 is 1.19 bits per heavy atom. The SMILES string of the molecule is CC(C)C(Cl)CNCc1cc(F)cc(F)c1. The van der Waals surface area contributed by atoms with E-state index in [1.807, 2.05) is 13.8 Å². The summed E-state index contributed by atoms with van der Waals surface area (Å²) in [7, 11) is 0.